The number of nitrogens with zero attached hydrogens (tertiary/aromatic N) is 3. The van der Waals surface area contributed by atoms with E-state index in [1.54, 1.807) is 35.0 Å². The topological polar surface area (TPSA) is 124 Å². The maximum absolute atomic E-state index is 12.9. The number of anilines is 2. The van der Waals surface area contributed by atoms with Crippen molar-refractivity contribution in [3.8, 4) is 17.2 Å². The third kappa shape index (κ3) is 5.78. The summed E-state index contributed by atoms with van der Waals surface area (Å²) in [5.41, 5.74) is 9.00. The van der Waals surface area contributed by atoms with Crippen molar-refractivity contribution in [3.63, 3.8) is 0 Å². The molecule has 0 radical (unpaired) electrons. The zero-order valence-corrected chi connectivity index (χ0v) is 20.5. The first-order valence-corrected chi connectivity index (χ1v) is 12.2. The van der Waals surface area contributed by atoms with E-state index in [-0.39, 0.29) is 11.7 Å². The van der Waals surface area contributed by atoms with Crippen LogP contribution < -0.4 is 21.1 Å². The molecule has 0 aliphatic heterocycles. The highest BCUT2D eigenvalue weighted by Crippen LogP contribution is 2.35. The number of pyridine rings is 1. The molecule has 1 fully saturated rings. The largest absolute Gasteiger partial charge is 0.457 e. The number of ether oxygens (including phenoxy) is 1. The molecule has 3 amide bonds. The van der Waals surface area contributed by atoms with Crippen molar-refractivity contribution in [2.24, 2.45) is 5.73 Å². The Morgan fingerprint density at radius 2 is 1.76 bits per heavy atom. The van der Waals surface area contributed by atoms with Gasteiger partial charge in [-0.05, 0) is 67.8 Å². The lowest BCUT2D eigenvalue weighted by molar-refractivity contribution is 0.0995. The molecule has 188 valence electrons. The van der Waals surface area contributed by atoms with E-state index in [0.29, 0.717) is 28.9 Å². The number of urea groups is 1. The summed E-state index contributed by atoms with van der Waals surface area (Å²) in [5.74, 6) is 1.38. The Bertz CT molecular complexity index is 1420. The van der Waals surface area contributed by atoms with Crippen molar-refractivity contribution in [3.05, 3.63) is 89.9 Å². The van der Waals surface area contributed by atoms with Crippen LogP contribution in [0.3, 0.4) is 0 Å². The SMILES string of the molecule is Cc1cccc(-n2nc(C3CCCC3)cc2NC(=O)Nc2ccc(Oc3ccnc(C(N)=O)c3)cc2)c1. The number of aryl methyl sites for hydroxylation is 1. The summed E-state index contributed by atoms with van der Waals surface area (Å²) in [7, 11) is 0. The minimum Gasteiger partial charge on any atom is -0.457 e. The van der Waals surface area contributed by atoms with Gasteiger partial charge in [-0.15, -0.1) is 0 Å². The Balaban J connectivity index is 1.28. The quantitative estimate of drug-likeness (QED) is 0.300. The van der Waals surface area contributed by atoms with Gasteiger partial charge in [0, 0.05) is 29.9 Å². The summed E-state index contributed by atoms with van der Waals surface area (Å²) in [5, 5.41) is 10.7. The number of aromatic nitrogens is 3. The summed E-state index contributed by atoms with van der Waals surface area (Å²) < 4.78 is 7.56. The van der Waals surface area contributed by atoms with Crippen molar-refractivity contribution < 1.29 is 14.3 Å². The first kappa shape index (κ1) is 24.1. The third-order valence-corrected chi connectivity index (χ3v) is 6.32. The van der Waals surface area contributed by atoms with E-state index >= 15 is 0 Å². The molecule has 1 aliphatic carbocycles. The molecule has 4 aromatic rings. The first-order chi connectivity index (χ1) is 17.9. The van der Waals surface area contributed by atoms with Gasteiger partial charge in [-0.2, -0.15) is 5.10 Å². The van der Waals surface area contributed by atoms with Gasteiger partial charge in [0.15, 0.2) is 0 Å². The van der Waals surface area contributed by atoms with E-state index in [1.165, 1.54) is 25.1 Å². The molecule has 0 spiro atoms. The van der Waals surface area contributed by atoms with Crippen LogP contribution in [0.1, 0.15) is 53.3 Å². The highest BCUT2D eigenvalue weighted by molar-refractivity contribution is 5.99. The number of hydrogen-bond donors (Lipinski definition) is 3. The van der Waals surface area contributed by atoms with Gasteiger partial charge in [-0.1, -0.05) is 25.0 Å². The first-order valence-electron chi connectivity index (χ1n) is 12.2. The molecule has 2 aromatic carbocycles. The fourth-order valence-electron chi connectivity index (χ4n) is 4.50. The molecule has 0 saturated heterocycles. The standard InChI is InChI=1S/C28H28N6O3/c1-18-5-4-8-21(15-18)34-26(17-24(33-34)19-6-2-3-7-19)32-28(36)31-20-9-11-22(12-10-20)37-23-13-14-30-25(16-23)27(29)35/h4-5,8-17,19H,2-3,6-7H2,1H3,(H2,29,35)(H2,31,32,36). The van der Waals surface area contributed by atoms with Crippen LogP contribution >= 0.6 is 0 Å². The Morgan fingerprint density at radius 1 is 0.973 bits per heavy atom. The zero-order valence-electron chi connectivity index (χ0n) is 20.5. The van der Waals surface area contributed by atoms with E-state index in [4.69, 9.17) is 15.6 Å². The van der Waals surface area contributed by atoms with Gasteiger partial charge >= 0.3 is 6.03 Å². The number of primary amides is 1. The molecular formula is C28H28N6O3. The van der Waals surface area contributed by atoms with E-state index in [2.05, 4.69) is 15.6 Å². The van der Waals surface area contributed by atoms with E-state index in [9.17, 15) is 9.59 Å². The second-order valence-electron chi connectivity index (χ2n) is 9.13. The molecule has 5 rings (SSSR count). The average Bonchev–Trinajstić information content (AvgIpc) is 3.56. The van der Waals surface area contributed by atoms with Crippen molar-refractivity contribution in [1.29, 1.82) is 0 Å². The van der Waals surface area contributed by atoms with Crippen LogP contribution in [0.15, 0.2) is 72.9 Å². The van der Waals surface area contributed by atoms with Gasteiger partial charge in [0.1, 0.15) is 23.0 Å². The van der Waals surface area contributed by atoms with E-state index < -0.39 is 5.91 Å². The van der Waals surface area contributed by atoms with Crippen LogP contribution in [0, 0.1) is 6.92 Å². The summed E-state index contributed by atoms with van der Waals surface area (Å²) in [6.45, 7) is 2.03. The van der Waals surface area contributed by atoms with Crippen molar-refractivity contribution in [2.75, 3.05) is 10.6 Å². The number of benzene rings is 2. The molecule has 0 bridgehead atoms. The van der Waals surface area contributed by atoms with Crippen LogP contribution in [-0.4, -0.2) is 26.7 Å². The number of nitrogens with two attached hydrogens (primary N) is 1. The highest BCUT2D eigenvalue weighted by Gasteiger charge is 2.22. The van der Waals surface area contributed by atoms with Crippen molar-refractivity contribution in [2.45, 2.75) is 38.5 Å². The molecule has 1 aliphatic rings. The number of rotatable bonds is 7. The Labute approximate surface area is 214 Å². The smallest absolute Gasteiger partial charge is 0.324 e. The number of amides is 3. The van der Waals surface area contributed by atoms with E-state index in [0.717, 1.165) is 29.8 Å². The Hall–Kier alpha value is -4.66. The fraction of sp³-hybridized carbons (Fsp3) is 0.214. The van der Waals surface area contributed by atoms with Crippen molar-refractivity contribution >= 4 is 23.4 Å². The second kappa shape index (κ2) is 10.5. The van der Waals surface area contributed by atoms with Crippen LogP contribution in [-0.2, 0) is 0 Å². The molecule has 37 heavy (non-hydrogen) atoms. The summed E-state index contributed by atoms with van der Waals surface area (Å²) in [6.07, 6.45) is 6.11. The lowest BCUT2D eigenvalue weighted by Crippen LogP contribution is -2.21. The van der Waals surface area contributed by atoms with Gasteiger partial charge in [0.05, 0.1) is 11.4 Å². The Kier molecular flexibility index (Phi) is 6.85. The van der Waals surface area contributed by atoms with E-state index in [1.807, 2.05) is 37.3 Å². The van der Waals surface area contributed by atoms with Crippen molar-refractivity contribution in [1.82, 2.24) is 14.8 Å². The number of hydrogen-bond acceptors (Lipinski definition) is 5. The van der Waals surface area contributed by atoms with Crippen LogP contribution in [0.25, 0.3) is 5.69 Å². The molecular weight excluding hydrogens is 468 g/mol. The average molecular weight is 497 g/mol. The normalized spacial score (nSPS) is 13.3. The highest BCUT2D eigenvalue weighted by atomic mass is 16.5. The molecule has 1 saturated carbocycles. The summed E-state index contributed by atoms with van der Waals surface area (Å²) >= 11 is 0. The summed E-state index contributed by atoms with van der Waals surface area (Å²) in [6, 6.07) is 19.6. The minimum absolute atomic E-state index is 0.119. The van der Waals surface area contributed by atoms with Gasteiger partial charge in [-0.25, -0.2) is 9.48 Å². The van der Waals surface area contributed by atoms with Gasteiger partial charge in [0.25, 0.3) is 5.91 Å². The lowest BCUT2D eigenvalue weighted by Gasteiger charge is -2.11. The maximum Gasteiger partial charge on any atom is 0.324 e. The maximum atomic E-state index is 12.9. The molecule has 9 heteroatoms. The molecule has 0 atom stereocenters. The number of carbonyl (C=O) groups excluding carboxylic acids is 2. The third-order valence-electron chi connectivity index (χ3n) is 6.32. The molecule has 4 N–H and O–H groups in total. The predicted molar refractivity (Wildman–Crippen MR) is 141 cm³/mol. The number of nitrogens with one attached hydrogen (secondary N) is 2. The predicted octanol–water partition coefficient (Wildman–Crippen LogP) is 5.77. The zero-order chi connectivity index (χ0) is 25.8. The fourth-order valence-corrected chi connectivity index (χ4v) is 4.50. The second-order valence-corrected chi connectivity index (χ2v) is 9.13. The van der Waals surface area contributed by atoms with Gasteiger partial charge in [-0.3, -0.25) is 15.1 Å². The number of carbonyl (C=O) groups is 2. The molecule has 9 nitrogen and oxygen atoms in total. The minimum atomic E-state index is -0.630. The molecule has 2 heterocycles. The van der Waals surface area contributed by atoms with Crippen LogP contribution in [0.4, 0.5) is 16.3 Å². The Morgan fingerprint density at radius 3 is 2.49 bits per heavy atom. The molecule has 2 aromatic heterocycles. The van der Waals surface area contributed by atoms with Gasteiger partial charge in [0.2, 0.25) is 0 Å². The van der Waals surface area contributed by atoms with Crippen LogP contribution in [0.2, 0.25) is 0 Å². The van der Waals surface area contributed by atoms with Crippen LogP contribution in [0.5, 0.6) is 11.5 Å². The molecule has 0 unspecified atom stereocenters. The van der Waals surface area contributed by atoms with Gasteiger partial charge < -0.3 is 15.8 Å². The lowest BCUT2D eigenvalue weighted by atomic mass is 10.0. The monoisotopic (exact) mass is 496 g/mol. The summed E-state index contributed by atoms with van der Waals surface area (Å²) in [4.78, 5) is 28.1.